The van der Waals surface area contributed by atoms with E-state index >= 15 is 0 Å². The Bertz CT molecular complexity index is 265. The van der Waals surface area contributed by atoms with E-state index in [1.54, 1.807) is 0 Å². The van der Waals surface area contributed by atoms with Gasteiger partial charge in [-0.25, -0.2) is 0 Å². The van der Waals surface area contributed by atoms with Gasteiger partial charge in [0.2, 0.25) is 0 Å². The van der Waals surface area contributed by atoms with Crippen molar-refractivity contribution in [2.45, 2.75) is 111 Å². The molecule has 0 amide bonds. The van der Waals surface area contributed by atoms with Crippen molar-refractivity contribution in [2.24, 2.45) is 5.92 Å². The van der Waals surface area contributed by atoms with Crippen molar-refractivity contribution in [1.29, 1.82) is 0 Å². The Morgan fingerprint density at radius 3 is 1.71 bits per heavy atom. The summed E-state index contributed by atoms with van der Waals surface area (Å²) < 4.78 is 12.6. The Morgan fingerprint density at radius 2 is 1.25 bits per heavy atom. The summed E-state index contributed by atoms with van der Waals surface area (Å²) in [6, 6.07) is 0. The van der Waals surface area contributed by atoms with Gasteiger partial charge in [-0.3, -0.25) is 0 Å². The van der Waals surface area contributed by atoms with Gasteiger partial charge in [-0.05, 0) is 25.7 Å². The molecule has 0 aliphatic carbocycles. The van der Waals surface area contributed by atoms with E-state index in [2.05, 4.69) is 40.3 Å². The lowest BCUT2D eigenvalue weighted by molar-refractivity contribution is -0.262. The molecule has 0 heterocycles. The molecule has 0 saturated heterocycles. The average molecular weight is 341 g/mol. The normalized spacial score (nSPS) is 13.2. The highest BCUT2D eigenvalue weighted by atomic mass is 16.7. The fourth-order valence-electron chi connectivity index (χ4n) is 3.16. The third-order valence-electron chi connectivity index (χ3n) is 4.90. The summed E-state index contributed by atoms with van der Waals surface area (Å²) in [4.78, 5) is 0. The van der Waals surface area contributed by atoms with Gasteiger partial charge in [0.15, 0.2) is 5.79 Å². The largest absolute Gasteiger partial charge is 0.349 e. The summed E-state index contributed by atoms with van der Waals surface area (Å²) in [5.41, 5.74) is 0. The number of unbranched alkanes of at least 4 members (excludes halogenated alkanes) is 7. The number of hydrogen-bond donors (Lipinski definition) is 0. The second kappa shape index (κ2) is 16.1. The van der Waals surface area contributed by atoms with E-state index in [-0.39, 0.29) is 0 Å². The number of hydrogen-bond acceptors (Lipinski definition) is 2. The second-order valence-electron chi connectivity index (χ2n) is 6.97. The highest BCUT2D eigenvalue weighted by Crippen LogP contribution is 2.33. The monoisotopic (exact) mass is 340 g/mol. The molecule has 0 rings (SSSR count). The van der Waals surface area contributed by atoms with Crippen LogP contribution in [0.4, 0.5) is 0 Å². The molecule has 0 aliphatic rings. The summed E-state index contributed by atoms with van der Waals surface area (Å²) in [6.45, 7) is 14.5. The zero-order chi connectivity index (χ0) is 18.1. The minimum absolute atomic E-state index is 0.294. The van der Waals surface area contributed by atoms with Gasteiger partial charge in [0, 0.05) is 5.92 Å². The first-order valence-corrected chi connectivity index (χ1v) is 10.6. The maximum Gasteiger partial charge on any atom is 0.174 e. The van der Waals surface area contributed by atoms with Crippen molar-refractivity contribution in [1.82, 2.24) is 0 Å². The van der Waals surface area contributed by atoms with Crippen LogP contribution in [0.15, 0.2) is 12.7 Å². The summed E-state index contributed by atoms with van der Waals surface area (Å²) >= 11 is 0. The highest BCUT2D eigenvalue weighted by molar-refractivity contribution is 4.91. The van der Waals surface area contributed by atoms with Gasteiger partial charge in [0.25, 0.3) is 0 Å². The van der Waals surface area contributed by atoms with Crippen LogP contribution in [0, 0.1) is 5.92 Å². The van der Waals surface area contributed by atoms with E-state index in [1.165, 1.54) is 38.5 Å². The van der Waals surface area contributed by atoms with Gasteiger partial charge in [0.1, 0.15) is 0 Å². The zero-order valence-corrected chi connectivity index (χ0v) is 17.1. The van der Waals surface area contributed by atoms with Gasteiger partial charge < -0.3 is 9.47 Å². The predicted molar refractivity (Wildman–Crippen MR) is 106 cm³/mol. The molecule has 2 heteroatoms. The van der Waals surface area contributed by atoms with E-state index in [0.717, 1.165) is 51.7 Å². The average Bonchev–Trinajstić information content (AvgIpc) is 2.60. The molecule has 1 unspecified atom stereocenters. The Kier molecular flexibility index (Phi) is 15.9. The molecule has 0 bridgehead atoms. The van der Waals surface area contributed by atoms with Crippen LogP contribution in [0.5, 0.6) is 0 Å². The first kappa shape index (κ1) is 23.7. The second-order valence-corrected chi connectivity index (χ2v) is 6.97. The van der Waals surface area contributed by atoms with E-state index in [9.17, 15) is 0 Å². The van der Waals surface area contributed by atoms with Crippen molar-refractivity contribution in [3.05, 3.63) is 12.7 Å². The first-order chi connectivity index (χ1) is 11.7. The molecular formula is C22H44O2. The summed E-state index contributed by atoms with van der Waals surface area (Å²) in [6.07, 6.45) is 16.6. The van der Waals surface area contributed by atoms with Crippen molar-refractivity contribution in [3.63, 3.8) is 0 Å². The lowest BCUT2D eigenvalue weighted by Crippen LogP contribution is -2.43. The molecule has 0 spiro atoms. The summed E-state index contributed by atoms with van der Waals surface area (Å²) in [5.74, 6) is -0.169. The molecule has 0 aliphatic heterocycles. The van der Waals surface area contributed by atoms with Crippen LogP contribution in [0.2, 0.25) is 0 Å². The molecule has 24 heavy (non-hydrogen) atoms. The van der Waals surface area contributed by atoms with E-state index < -0.39 is 5.79 Å². The minimum atomic E-state index is -0.463. The molecule has 0 radical (unpaired) electrons. The van der Waals surface area contributed by atoms with E-state index in [1.807, 2.05) is 0 Å². The summed E-state index contributed by atoms with van der Waals surface area (Å²) in [5, 5.41) is 0. The van der Waals surface area contributed by atoms with Crippen LogP contribution in [0.3, 0.4) is 0 Å². The molecule has 144 valence electrons. The van der Waals surface area contributed by atoms with Gasteiger partial charge in [-0.15, -0.1) is 6.58 Å². The molecule has 2 nitrogen and oxygen atoms in total. The Labute approximate surface area is 152 Å². The Balaban J connectivity index is 4.60. The van der Waals surface area contributed by atoms with Crippen LogP contribution in [0.1, 0.15) is 105 Å². The fourth-order valence-corrected chi connectivity index (χ4v) is 3.16. The highest BCUT2D eigenvalue weighted by Gasteiger charge is 2.37. The van der Waals surface area contributed by atoms with Crippen molar-refractivity contribution in [2.75, 3.05) is 13.2 Å². The van der Waals surface area contributed by atoms with Crippen LogP contribution < -0.4 is 0 Å². The van der Waals surface area contributed by atoms with Crippen molar-refractivity contribution in [3.8, 4) is 0 Å². The molecule has 0 aromatic carbocycles. The SMILES string of the molecule is C=CC(CCCCCCCC)C(CC)(OCCCC)OCCCC. The van der Waals surface area contributed by atoms with Crippen molar-refractivity contribution >= 4 is 0 Å². The van der Waals surface area contributed by atoms with E-state index in [4.69, 9.17) is 9.47 Å². The topological polar surface area (TPSA) is 18.5 Å². The third kappa shape index (κ3) is 9.84. The van der Waals surface area contributed by atoms with Crippen LogP contribution in [-0.4, -0.2) is 19.0 Å². The van der Waals surface area contributed by atoms with Crippen LogP contribution >= 0.6 is 0 Å². The van der Waals surface area contributed by atoms with Crippen LogP contribution in [0.25, 0.3) is 0 Å². The molecule has 0 aromatic rings. The standard InChI is InChI=1S/C22H44O2/c1-6-11-14-15-16-17-18-21(9-4)22(10-5,23-19-12-7-2)24-20-13-8-3/h9,21H,4,6-8,10-20H2,1-3,5H3. The van der Waals surface area contributed by atoms with Gasteiger partial charge in [-0.2, -0.15) is 0 Å². The molecule has 0 fully saturated rings. The third-order valence-corrected chi connectivity index (χ3v) is 4.90. The molecular weight excluding hydrogens is 296 g/mol. The lowest BCUT2D eigenvalue weighted by atomic mass is 9.89. The molecule has 0 aromatic heterocycles. The van der Waals surface area contributed by atoms with Crippen LogP contribution in [-0.2, 0) is 9.47 Å². The molecule has 0 saturated carbocycles. The smallest absolute Gasteiger partial charge is 0.174 e. The molecule has 1 atom stereocenters. The number of ether oxygens (including phenoxy) is 2. The Morgan fingerprint density at radius 1 is 0.750 bits per heavy atom. The van der Waals surface area contributed by atoms with Gasteiger partial charge in [-0.1, -0.05) is 85.1 Å². The maximum atomic E-state index is 6.32. The van der Waals surface area contributed by atoms with Gasteiger partial charge in [0.05, 0.1) is 13.2 Å². The summed E-state index contributed by atoms with van der Waals surface area (Å²) in [7, 11) is 0. The quantitative estimate of drug-likeness (QED) is 0.148. The lowest BCUT2D eigenvalue weighted by Gasteiger charge is -2.39. The maximum absolute atomic E-state index is 6.32. The first-order valence-electron chi connectivity index (χ1n) is 10.6. The van der Waals surface area contributed by atoms with Gasteiger partial charge >= 0.3 is 0 Å². The molecule has 0 N–H and O–H groups in total. The zero-order valence-electron chi connectivity index (χ0n) is 17.1. The van der Waals surface area contributed by atoms with Crippen molar-refractivity contribution < 1.29 is 9.47 Å². The predicted octanol–water partition coefficient (Wildman–Crippen LogP) is 7.28. The fraction of sp³-hybridized carbons (Fsp3) is 0.909. The minimum Gasteiger partial charge on any atom is -0.349 e. The number of rotatable bonds is 18. The van der Waals surface area contributed by atoms with E-state index in [0.29, 0.717) is 5.92 Å². The Hall–Kier alpha value is -0.340.